The Labute approximate surface area is 111 Å². The summed E-state index contributed by atoms with van der Waals surface area (Å²) in [6.07, 6.45) is 4.01. The molecule has 0 aliphatic rings. The lowest BCUT2D eigenvalue weighted by Gasteiger charge is -2.31. The summed E-state index contributed by atoms with van der Waals surface area (Å²) >= 11 is 0. The Hall–Kier alpha value is -1.09. The average molecular weight is 249 g/mol. The van der Waals surface area contributed by atoms with Gasteiger partial charge < -0.3 is 11.1 Å². The number of aryl methyl sites for hydroxylation is 1. The molecule has 0 amide bonds. The first-order chi connectivity index (χ1) is 8.38. The van der Waals surface area contributed by atoms with Gasteiger partial charge in [0.2, 0.25) is 0 Å². The van der Waals surface area contributed by atoms with E-state index in [0.29, 0.717) is 11.9 Å². The van der Waals surface area contributed by atoms with Crippen LogP contribution in [-0.2, 0) is 5.41 Å². The number of hydrogen-bond acceptors (Lipinski definition) is 3. The van der Waals surface area contributed by atoms with Crippen LogP contribution in [0.1, 0.15) is 51.7 Å². The molecular formula is C15H27N3. The van der Waals surface area contributed by atoms with Crippen molar-refractivity contribution in [3.8, 4) is 0 Å². The van der Waals surface area contributed by atoms with Gasteiger partial charge in [-0.1, -0.05) is 20.8 Å². The van der Waals surface area contributed by atoms with Gasteiger partial charge in [0, 0.05) is 17.8 Å². The molecule has 3 nitrogen and oxygen atoms in total. The van der Waals surface area contributed by atoms with Gasteiger partial charge in [0.15, 0.2) is 0 Å². The van der Waals surface area contributed by atoms with Crippen molar-refractivity contribution in [1.29, 1.82) is 0 Å². The zero-order valence-electron chi connectivity index (χ0n) is 12.4. The summed E-state index contributed by atoms with van der Waals surface area (Å²) in [5.41, 5.74) is 8.52. The molecule has 102 valence electrons. The number of nitrogens with two attached hydrogens (primary N) is 1. The number of nitrogens with zero attached hydrogens (tertiary/aromatic N) is 1. The van der Waals surface area contributed by atoms with Crippen molar-refractivity contribution in [3.05, 3.63) is 23.4 Å². The molecule has 0 saturated carbocycles. The molecule has 0 aliphatic carbocycles. The third-order valence-corrected chi connectivity index (χ3v) is 3.42. The van der Waals surface area contributed by atoms with Crippen LogP contribution in [0.4, 0.5) is 5.82 Å². The Morgan fingerprint density at radius 1 is 1.44 bits per heavy atom. The van der Waals surface area contributed by atoms with E-state index in [0.717, 1.165) is 13.0 Å². The van der Waals surface area contributed by atoms with E-state index in [1.54, 1.807) is 6.20 Å². The predicted octanol–water partition coefficient (Wildman–Crippen LogP) is 3.03. The normalized spacial score (nSPS) is 13.6. The maximum atomic E-state index is 6.05. The smallest absolute Gasteiger partial charge is 0.127 e. The number of aromatic nitrogens is 1. The second-order valence-corrected chi connectivity index (χ2v) is 5.83. The molecule has 1 aromatic heterocycles. The standard InChI is InChI=1S/C15H27N3/c1-6-8-17-12(3)10-15(4,5)13-11(2)7-9-18-14(13)16/h7,9,12,17H,6,8,10H2,1-5H3,(H2,16,18). The van der Waals surface area contributed by atoms with Crippen molar-refractivity contribution >= 4 is 5.82 Å². The van der Waals surface area contributed by atoms with Crippen molar-refractivity contribution < 1.29 is 0 Å². The Balaban J connectivity index is 2.85. The summed E-state index contributed by atoms with van der Waals surface area (Å²) in [5, 5.41) is 3.54. The zero-order chi connectivity index (χ0) is 13.8. The van der Waals surface area contributed by atoms with E-state index in [9.17, 15) is 0 Å². The SMILES string of the molecule is CCCNC(C)CC(C)(C)c1c(C)ccnc1N. The molecule has 1 atom stereocenters. The zero-order valence-corrected chi connectivity index (χ0v) is 12.4. The van der Waals surface area contributed by atoms with Crippen molar-refractivity contribution in [2.75, 3.05) is 12.3 Å². The van der Waals surface area contributed by atoms with Crippen LogP contribution in [0.2, 0.25) is 0 Å². The van der Waals surface area contributed by atoms with Crippen LogP contribution in [0, 0.1) is 6.92 Å². The average Bonchev–Trinajstić information content (AvgIpc) is 2.25. The number of rotatable bonds is 6. The van der Waals surface area contributed by atoms with Gasteiger partial charge in [-0.3, -0.25) is 0 Å². The number of nitrogen functional groups attached to an aromatic ring is 1. The lowest BCUT2D eigenvalue weighted by molar-refractivity contribution is 0.389. The molecule has 18 heavy (non-hydrogen) atoms. The molecule has 0 radical (unpaired) electrons. The monoisotopic (exact) mass is 249 g/mol. The lowest BCUT2D eigenvalue weighted by Crippen LogP contribution is -2.34. The van der Waals surface area contributed by atoms with Crippen LogP contribution < -0.4 is 11.1 Å². The summed E-state index contributed by atoms with van der Waals surface area (Å²) in [7, 11) is 0. The van der Waals surface area contributed by atoms with Gasteiger partial charge in [-0.05, 0) is 50.3 Å². The van der Waals surface area contributed by atoms with Gasteiger partial charge in [0.25, 0.3) is 0 Å². The minimum Gasteiger partial charge on any atom is -0.383 e. The van der Waals surface area contributed by atoms with Gasteiger partial charge in [-0.15, -0.1) is 0 Å². The topological polar surface area (TPSA) is 50.9 Å². The fourth-order valence-electron chi connectivity index (χ4n) is 2.79. The van der Waals surface area contributed by atoms with Crippen LogP contribution in [0.3, 0.4) is 0 Å². The molecule has 1 aromatic rings. The second-order valence-electron chi connectivity index (χ2n) is 5.83. The van der Waals surface area contributed by atoms with Crippen LogP contribution in [0.5, 0.6) is 0 Å². The Kier molecular flexibility index (Phi) is 5.15. The minimum absolute atomic E-state index is 0.0442. The summed E-state index contributed by atoms with van der Waals surface area (Å²) in [6, 6.07) is 2.52. The Morgan fingerprint density at radius 3 is 2.67 bits per heavy atom. The summed E-state index contributed by atoms with van der Waals surface area (Å²) in [4.78, 5) is 4.23. The van der Waals surface area contributed by atoms with Crippen LogP contribution in [0.15, 0.2) is 12.3 Å². The van der Waals surface area contributed by atoms with Gasteiger partial charge in [-0.2, -0.15) is 0 Å². The van der Waals surface area contributed by atoms with E-state index in [1.807, 2.05) is 6.07 Å². The first-order valence-electron chi connectivity index (χ1n) is 6.83. The number of hydrogen-bond donors (Lipinski definition) is 2. The van der Waals surface area contributed by atoms with E-state index in [2.05, 4.69) is 44.9 Å². The highest BCUT2D eigenvalue weighted by atomic mass is 14.9. The van der Waals surface area contributed by atoms with E-state index in [1.165, 1.54) is 17.5 Å². The molecule has 1 rings (SSSR count). The highest BCUT2D eigenvalue weighted by molar-refractivity contribution is 5.48. The quantitative estimate of drug-likeness (QED) is 0.815. The van der Waals surface area contributed by atoms with Crippen molar-refractivity contribution in [2.24, 2.45) is 0 Å². The molecule has 3 heteroatoms. The first kappa shape index (κ1) is 15.0. The largest absolute Gasteiger partial charge is 0.383 e. The highest BCUT2D eigenvalue weighted by Gasteiger charge is 2.27. The molecule has 0 aromatic carbocycles. The number of pyridine rings is 1. The van der Waals surface area contributed by atoms with Crippen LogP contribution in [0.25, 0.3) is 0 Å². The van der Waals surface area contributed by atoms with Crippen molar-refractivity contribution in [1.82, 2.24) is 10.3 Å². The maximum Gasteiger partial charge on any atom is 0.127 e. The summed E-state index contributed by atoms with van der Waals surface area (Å²) < 4.78 is 0. The van der Waals surface area contributed by atoms with Gasteiger partial charge in [-0.25, -0.2) is 4.98 Å². The third kappa shape index (κ3) is 3.70. The molecule has 1 unspecified atom stereocenters. The second kappa shape index (κ2) is 6.19. The van der Waals surface area contributed by atoms with E-state index >= 15 is 0 Å². The van der Waals surface area contributed by atoms with Crippen molar-refractivity contribution in [3.63, 3.8) is 0 Å². The fourth-order valence-corrected chi connectivity index (χ4v) is 2.79. The molecule has 0 fully saturated rings. The predicted molar refractivity (Wildman–Crippen MR) is 78.8 cm³/mol. The minimum atomic E-state index is 0.0442. The first-order valence-corrected chi connectivity index (χ1v) is 6.83. The maximum absolute atomic E-state index is 6.05. The number of nitrogens with one attached hydrogen (secondary N) is 1. The molecule has 0 saturated heterocycles. The molecule has 0 spiro atoms. The van der Waals surface area contributed by atoms with E-state index in [4.69, 9.17) is 5.73 Å². The van der Waals surface area contributed by atoms with Gasteiger partial charge in [0.1, 0.15) is 5.82 Å². The molecule has 0 bridgehead atoms. The Bertz CT molecular complexity index is 365. The molecule has 0 aliphatic heterocycles. The fraction of sp³-hybridized carbons (Fsp3) is 0.667. The molecule has 1 heterocycles. The van der Waals surface area contributed by atoms with Crippen LogP contribution >= 0.6 is 0 Å². The van der Waals surface area contributed by atoms with Gasteiger partial charge in [0.05, 0.1) is 0 Å². The lowest BCUT2D eigenvalue weighted by atomic mass is 9.77. The molecular weight excluding hydrogens is 222 g/mol. The van der Waals surface area contributed by atoms with Crippen molar-refractivity contribution in [2.45, 2.75) is 58.9 Å². The van der Waals surface area contributed by atoms with Gasteiger partial charge >= 0.3 is 0 Å². The summed E-state index contributed by atoms with van der Waals surface area (Å²) in [5.74, 6) is 0.669. The van der Waals surface area contributed by atoms with Crippen LogP contribution in [-0.4, -0.2) is 17.6 Å². The Morgan fingerprint density at radius 2 is 2.11 bits per heavy atom. The van der Waals surface area contributed by atoms with E-state index in [-0.39, 0.29) is 5.41 Å². The highest BCUT2D eigenvalue weighted by Crippen LogP contribution is 2.33. The summed E-state index contributed by atoms with van der Waals surface area (Å²) in [6.45, 7) is 12.1. The number of anilines is 1. The van der Waals surface area contributed by atoms with E-state index < -0.39 is 0 Å². The third-order valence-electron chi connectivity index (χ3n) is 3.42. The molecule has 3 N–H and O–H groups in total.